The van der Waals surface area contributed by atoms with Gasteiger partial charge in [-0.05, 0) is 37.5 Å². The van der Waals surface area contributed by atoms with Crippen LogP contribution >= 0.6 is 11.6 Å². The molecule has 1 aromatic heterocycles. The summed E-state index contributed by atoms with van der Waals surface area (Å²) in [6, 6.07) is 7.69. The van der Waals surface area contributed by atoms with Gasteiger partial charge in [0.15, 0.2) is 0 Å². The predicted molar refractivity (Wildman–Crippen MR) is 89.6 cm³/mol. The van der Waals surface area contributed by atoms with Crippen LogP contribution in [0.15, 0.2) is 24.3 Å². The highest BCUT2D eigenvalue weighted by Crippen LogP contribution is 2.25. The first-order valence-corrected chi connectivity index (χ1v) is 7.45. The Morgan fingerprint density at radius 2 is 1.95 bits per heavy atom. The Bertz CT molecular complexity index is 626. The summed E-state index contributed by atoms with van der Waals surface area (Å²) in [6.45, 7) is 9.13. The summed E-state index contributed by atoms with van der Waals surface area (Å²) in [6.07, 6.45) is 0. The molecule has 1 heterocycles. The van der Waals surface area contributed by atoms with Crippen LogP contribution < -0.4 is 10.6 Å². The van der Waals surface area contributed by atoms with Gasteiger partial charge < -0.3 is 10.6 Å². The number of aryl methyl sites for hydroxylation is 1. The molecule has 2 N–H and O–H groups in total. The SMILES string of the molecule is Cc1cc(NCC(C)C)nc(Nc2cccc(Cl)c2C)n1. The second-order valence-corrected chi connectivity index (χ2v) is 5.94. The first-order valence-electron chi connectivity index (χ1n) is 7.07. The van der Waals surface area contributed by atoms with Gasteiger partial charge >= 0.3 is 0 Å². The van der Waals surface area contributed by atoms with E-state index >= 15 is 0 Å². The Morgan fingerprint density at radius 1 is 1.19 bits per heavy atom. The fourth-order valence-corrected chi connectivity index (χ4v) is 2.06. The average molecular weight is 305 g/mol. The summed E-state index contributed by atoms with van der Waals surface area (Å²) in [7, 11) is 0. The third kappa shape index (κ3) is 4.33. The number of halogens is 1. The zero-order valence-electron chi connectivity index (χ0n) is 12.9. The molecule has 0 amide bonds. The number of rotatable bonds is 5. The molecule has 0 aliphatic carbocycles. The van der Waals surface area contributed by atoms with E-state index in [1.54, 1.807) is 0 Å². The van der Waals surface area contributed by atoms with Crippen molar-refractivity contribution in [3.05, 3.63) is 40.5 Å². The number of nitrogens with one attached hydrogen (secondary N) is 2. The van der Waals surface area contributed by atoms with Crippen LogP contribution in [-0.4, -0.2) is 16.5 Å². The summed E-state index contributed by atoms with van der Waals surface area (Å²) >= 11 is 6.13. The number of nitrogens with zero attached hydrogens (tertiary/aromatic N) is 2. The standard InChI is InChI=1S/C16H21ClN4/c1-10(2)9-18-15-8-11(3)19-16(21-15)20-14-7-5-6-13(17)12(14)4/h5-8,10H,9H2,1-4H3,(H2,18,19,20,21). The largest absolute Gasteiger partial charge is 0.370 e. The van der Waals surface area contributed by atoms with Crippen LogP contribution in [0.5, 0.6) is 0 Å². The highest BCUT2D eigenvalue weighted by Gasteiger charge is 2.06. The lowest BCUT2D eigenvalue weighted by Gasteiger charge is -2.12. The van der Waals surface area contributed by atoms with E-state index in [1.165, 1.54) is 0 Å². The molecule has 0 unspecified atom stereocenters. The zero-order chi connectivity index (χ0) is 15.4. The number of hydrogen-bond acceptors (Lipinski definition) is 4. The minimum atomic E-state index is 0.562. The molecule has 0 saturated carbocycles. The van der Waals surface area contributed by atoms with E-state index in [0.29, 0.717) is 11.9 Å². The fraction of sp³-hybridized carbons (Fsp3) is 0.375. The lowest BCUT2D eigenvalue weighted by Crippen LogP contribution is -2.11. The van der Waals surface area contributed by atoms with Gasteiger partial charge in [0.1, 0.15) is 5.82 Å². The third-order valence-electron chi connectivity index (χ3n) is 3.06. The first-order chi connectivity index (χ1) is 9.95. The average Bonchev–Trinajstić information content (AvgIpc) is 2.41. The Balaban J connectivity index is 2.21. The molecular weight excluding hydrogens is 284 g/mol. The molecule has 4 nitrogen and oxygen atoms in total. The minimum Gasteiger partial charge on any atom is -0.370 e. The lowest BCUT2D eigenvalue weighted by molar-refractivity contribution is 0.687. The summed E-state index contributed by atoms with van der Waals surface area (Å²) in [4.78, 5) is 8.92. The van der Waals surface area contributed by atoms with E-state index in [9.17, 15) is 0 Å². The maximum absolute atomic E-state index is 6.13. The quantitative estimate of drug-likeness (QED) is 0.850. The Labute approximate surface area is 131 Å². The normalized spacial score (nSPS) is 10.8. The number of benzene rings is 1. The van der Waals surface area contributed by atoms with Crippen LogP contribution in [0.1, 0.15) is 25.1 Å². The zero-order valence-corrected chi connectivity index (χ0v) is 13.6. The molecule has 0 aliphatic heterocycles. The molecule has 0 radical (unpaired) electrons. The van der Waals surface area contributed by atoms with Crippen molar-refractivity contribution in [1.82, 2.24) is 9.97 Å². The van der Waals surface area contributed by atoms with Crippen LogP contribution in [0, 0.1) is 19.8 Å². The van der Waals surface area contributed by atoms with Gasteiger partial charge in [0.25, 0.3) is 0 Å². The molecule has 112 valence electrons. The highest BCUT2D eigenvalue weighted by molar-refractivity contribution is 6.31. The van der Waals surface area contributed by atoms with Crippen LogP contribution in [0.25, 0.3) is 0 Å². The fourth-order valence-electron chi connectivity index (χ4n) is 1.89. The van der Waals surface area contributed by atoms with Gasteiger partial charge in [0.2, 0.25) is 5.95 Å². The Morgan fingerprint density at radius 3 is 2.67 bits per heavy atom. The van der Waals surface area contributed by atoms with Gasteiger partial charge in [0, 0.05) is 29.0 Å². The van der Waals surface area contributed by atoms with E-state index in [1.807, 2.05) is 38.1 Å². The summed E-state index contributed by atoms with van der Waals surface area (Å²) < 4.78 is 0. The molecule has 0 fully saturated rings. The van der Waals surface area contributed by atoms with Gasteiger partial charge in [-0.15, -0.1) is 0 Å². The molecular formula is C16H21ClN4. The van der Waals surface area contributed by atoms with E-state index in [2.05, 4.69) is 34.4 Å². The van der Waals surface area contributed by atoms with Crippen molar-refractivity contribution in [2.45, 2.75) is 27.7 Å². The molecule has 5 heteroatoms. The maximum Gasteiger partial charge on any atom is 0.229 e. The lowest BCUT2D eigenvalue weighted by atomic mass is 10.2. The predicted octanol–water partition coefficient (Wildman–Crippen LogP) is 4.56. The molecule has 1 aromatic carbocycles. The van der Waals surface area contributed by atoms with Crippen LogP contribution in [-0.2, 0) is 0 Å². The van der Waals surface area contributed by atoms with E-state index in [0.717, 1.165) is 34.3 Å². The molecule has 21 heavy (non-hydrogen) atoms. The molecule has 0 aliphatic rings. The first kappa shape index (κ1) is 15.6. The molecule has 0 atom stereocenters. The van der Waals surface area contributed by atoms with Gasteiger partial charge in [-0.2, -0.15) is 4.98 Å². The second kappa shape index (κ2) is 6.76. The molecule has 0 bridgehead atoms. The monoisotopic (exact) mass is 304 g/mol. The van der Waals surface area contributed by atoms with Crippen molar-refractivity contribution in [1.29, 1.82) is 0 Å². The minimum absolute atomic E-state index is 0.562. The van der Waals surface area contributed by atoms with Crippen LogP contribution in [0.4, 0.5) is 17.5 Å². The summed E-state index contributed by atoms with van der Waals surface area (Å²) in [5.41, 5.74) is 2.82. The molecule has 0 spiro atoms. The van der Waals surface area contributed by atoms with Crippen molar-refractivity contribution >= 4 is 29.1 Å². The molecule has 0 saturated heterocycles. The summed E-state index contributed by atoms with van der Waals surface area (Å²) in [5.74, 6) is 1.97. The van der Waals surface area contributed by atoms with Gasteiger partial charge in [-0.3, -0.25) is 0 Å². The summed E-state index contributed by atoms with van der Waals surface area (Å²) in [5, 5.41) is 7.28. The van der Waals surface area contributed by atoms with Crippen molar-refractivity contribution in [2.75, 3.05) is 17.2 Å². The van der Waals surface area contributed by atoms with Crippen molar-refractivity contribution in [2.24, 2.45) is 5.92 Å². The van der Waals surface area contributed by atoms with Gasteiger partial charge in [-0.1, -0.05) is 31.5 Å². The number of hydrogen-bond donors (Lipinski definition) is 2. The van der Waals surface area contributed by atoms with Gasteiger partial charge in [-0.25, -0.2) is 4.98 Å². The van der Waals surface area contributed by atoms with E-state index < -0.39 is 0 Å². The number of aromatic nitrogens is 2. The van der Waals surface area contributed by atoms with Crippen LogP contribution in [0.2, 0.25) is 5.02 Å². The Kier molecular flexibility index (Phi) is 5.02. The van der Waals surface area contributed by atoms with E-state index in [4.69, 9.17) is 11.6 Å². The topological polar surface area (TPSA) is 49.8 Å². The second-order valence-electron chi connectivity index (χ2n) is 5.53. The van der Waals surface area contributed by atoms with Crippen molar-refractivity contribution < 1.29 is 0 Å². The van der Waals surface area contributed by atoms with E-state index in [-0.39, 0.29) is 0 Å². The molecule has 2 aromatic rings. The Hall–Kier alpha value is -1.81. The van der Waals surface area contributed by atoms with Gasteiger partial charge in [0.05, 0.1) is 0 Å². The third-order valence-corrected chi connectivity index (χ3v) is 3.47. The molecule has 2 rings (SSSR count). The maximum atomic E-state index is 6.13. The van der Waals surface area contributed by atoms with Crippen molar-refractivity contribution in [3.8, 4) is 0 Å². The smallest absolute Gasteiger partial charge is 0.229 e. The number of anilines is 3. The highest BCUT2D eigenvalue weighted by atomic mass is 35.5. The van der Waals surface area contributed by atoms with Crippen LogP contribution in [0.3, 0.4) is 0 Å². The van der Waals surface area contributed by atoms with Crippen molar-refractivity contribution in [3.63, 3.8) is 0 Å².